The Morgan fingerprint density at radius 3 is 2.56 bits per heavy atom. The van der Waals surface area contributed by atoms with Gasteiger partial charge in [0.05, 0.1) is 0 Å². The summed E-state index contributed by atoms with van der Waals surface area (Å²) in [4.78, 5) is 1.29. The predicted molar refractivity (Wildman–Crippen MR) is 76.7 cm³/mol. The molecule has 0 spiro atoms. The predicted octanol–water partition coefficient (Wildman–Crippen LogP) is 2.77. The number of nitrogens with two attached hydrogens (primary N) is 1. The van der Waals surface area contributed by atoms with Crippen molar-refractivity contribution in [2.75, 3.05) is 5.75 Å². The monoisotopic (exact) mass is 261 g/mol. The van der Waals surface area contributed by atoms with E-state index in [1.807, 2.05) is 36.6 Å². The number of aryl methyl sites for hydroxylation is 2. The quantitative estimate of drug-likeness (QED) is 0.842. The van der Waals surface area contributed by atoms with Crippen LogP contribution in [0.25, 0.3) is 0 Å². The van der Waals surface area contributed by atoms with Gasteiger partial charge in [-0.1, -0.05) is 12.1 Å². The Balaban J connectivity index is 1.85. The average molecular weight is 261 g/mol. The molecular formula is C14H19N3S. The third-order valence-corrected chi connectivity index (χ3v) is 3.97. The summed E-state index contributed by atoms with van der Waals surface area (Å²) in [6.07, 6.45) is 2.88. The first-order chi connectivity index (χ1) is 8.66. The molecule has 0 aliphatic heterocycles. The SMILES string of the molecule is CC(N)c1ccc(SCCc2ccnn2C)cc1. The van der Waals surface area contributed by atoms with Crippen molar-refractivity contribution in [2.45, 2.75) is 24.3 Å². The smallest absolute Gasteiger partial charge is 0.0492 e. The summed E-state index contributed by atoms with van der Waals surface area (Å²) in [5, 5.41) is 4.17. The highest BCUT2D eigenvalue weighted by atomic mass is 32.2. The van der Waals surface area contributed by atoms with Crippen molar-refractivity contribution in [1.82, 2.24) is 9.78 Å². The van der Waals surface area contributed by atoms with Crippen molar-refractivity contribution in [1.29, 1.82) is 0 Å². The van der Waals surface area contributed by atoms with Gasteiger partial charge in [0, 0.05) is 35.6 Å². The van der Waals surface area contributed by atoms with E-state index in [1.165, 1.54) is 16.2 Å². The maximum Gasteiger partial charge on any atom is 0.0492 e. The Kier molecular flexibility index (Phi) is 4.44. The lowest BCUT2D eigenvalue weighted by Crippen LogP contribution is -2.04. The normalized spacial score (nSPS) is 12.6. The summed E-state index contributed by atoms with van der Waals surface area (Å²) in [6, 6.07) is 10.7. The molecule has 1 aromatic heterocycles. The highest BCUT2D eigenvalue weighted by Crippen LogP contribution is 2.21. The van der Waals surface area contributed by atoms with E-state index in [9.17, 15) is 0 Å². The van der Waals surface area contributed by atoms with Crippen molar-refractivity contribution >= 4 is 11.8 Å². The van der Waals surface area contributed by atoms with Gasteiger partial charge in [-0.05, 0) is 37.1 Å². The third-order valence-electron chi connectivity index (χ3n) is 2.96. The van der Waals surface area contributed by atoms with E-state index >= 15 is 0 Å². The Labute approximate surface area is 112 Å². The molecule has 1 heterocycles. The Morgan fingerprint density at radius 1 is 1.28 bits per heavy atom. The van der Waals surface area contributed by atoms with Crippen molar-refractivity contribution in [2.24, 2.45) is 12.8 Å². The zero-order chi connectivity index (χ0) is 13.0. The van der Waals surface area contributed by atoms with Gasteiger partial charge < -0.3 is 5.73 Å². The number of hydrogen-bond donors (Lipinski definition) is 1. The molecule has 1 unspecified atom stereocenters. The second-order valence-corrected chi connectivity index (χ2v) is 5.57. The maximum atomic E-state index is 5.83. The molecule has 0 aliphatic carbocycles. The molecule has 0 bridgehead atoms. The average Bonchev–Trinajstić information content (AvgIpc) is 2.76. The standard InChI is InChI=1S/C14H19N3S/c1-11(15)12-3-5-14(6-4-12)18-10-8-13-7-9-16-17(13)2/h3-7,9,11H,8,10,15H2,1-2H3. The van der Waals surface area contributed by atoms with Gasteiger partial charge in [0.2, 0.25) is 0 Å². The molecule has 0 saturated heterocycles. The van der Waals surface area contributed by atoms with Crippen LogP contribution >= 0.6 is 11.8 Å². The van der Waals surface area contributed by atoms with E-state index in [2.05, 4.69) is 35.4 Å². The van der Waals surface area contributed by atoms with Crippen LogP contribution in [0.2, 0.25) is 0 Å². The molecule has 2 N–H and O–H groups in total. The molecule has 1 aromatic carbocycles. The van der Waals surface area contributed by atoms with E-state index in [0.29, 0.717) is 0 Å². The van der Waals surface area contributed by atoms with Gasteiger partial charge in [0.15, 0.2) is 0 Å². The third kappa shape index (κ3) is 3.37. The molecule has 0 amide bonds. The first-order valence-electron chi connectivity index (χ1n) is 6.12. The number of hydrogen-bond acceptors (Lipinski definition) is 3. The van der Waals surface area contributed by atoms with Gasteiger partial charge in [-0.25, -0.2) is 0 Å². The van der Waals surface area contributed by atoms with E-state index in [0.717, 1.165) is 12.2 Å². The van der Waals surface area contributed by atoms with Crippen molar-refractivity contribution < 1.29 is 0 Å². The van der Waals surface area contributed by atoms with Crippen LogP contribution in [0.15, 0.2) is 41.4 Å². The molecule has 4 heteroatoms. The molecule has 0 fully saturated rings. The topological polar surface area (TPSA) is 43.8 Å². The summed E-state index contributed by atoms with van der Waals surface area (Å²) >= 11 is 1.87. The maximum absolute atomic E-state index is 5.83. The molecule has 2 rings (SSSR count). The van der Waals surface area contributed by atoms with Crippen LogP contribution in [-0.2, 0) is 13.5 Å². The zero-order valence-electron chi connectivity index (χ0n) is 10.8. The number of thioether (sulfide) groups is 1. The highest BCUT2D eigenvalue weighted by Gasteiger charge is 2.01. The molecule has 18 heavy (non-hydrogen) atoms. The first-order valence-corrected chi connectivity index (χ1v) is 7.10. The van der Waals surface area contributed by atoms with Crippen LogP contribution in [0.3, 0.4) is 0 Å². The molecule has 0 saturated carbocycles. The summed E-state index contributed by atoms with van der Waals surface area (Å²) in [5.41, 5.74) is 8.29. The van der Waals surface area contributed by atoms with Crippen molar-refractivity contribution in [3.8, 4) is 0 Å². The van der Waals surface area contributed by atoms with E-state index in [4.69, 9.17) is 5.73 Å². The van der Waals surface area contributed by atoms with Gasteiger partial charge in [0.25, 0.3) is 0 Å². The minimum Gasteiger partial charge on any atom is -0.324 e. The van der Waals surface area contributed by atoms with E-state index < -0.39 is 0 Å². The van der Waals surface area contributed by atoms with Crippen LogP contribution in [-0.4, -0.2) is 15.5 Å². The minimum absolute atomic E-state index is 0.110. The lowest BCUT2D eigenvalue weighted by molar-refractivity contribution is 0.720. The molecule has 96 valence electrons. The van der Waals surface area contributed by atoms with Crippen molar-refractivity contribution in [3.63, 3.8) is 0 Å². The van der Waals surface area contributed by atoms with Crippen molar-refractivity contribution in [3.05, 3.63) is 47.8 Å². The number of aromatic nitrogens is 2. The molecular weight excluding hydrogens is 242 g/mol. The minimum atomic E-state index is 0.110. The van der Waals surface area contributed by atoms with Gasteiger partial charge in [0.1, 0.15) is 0 Å². The Hall–Kier alpha value is -1.26. The fraction of sp³-hybridized carbons (Fsp3) is 0.357. The van der Waals surface area contributed by atoms with Crippen LogP contribution in [0, 0.1) is 0 Å². The van der Waals surface area contributed by atoms with Gasteiger partial charge in [-0.15, -0.1) is 11.8 Å². The number of nitrogens with zero attached hydrogens (tertiary/aromatic N) is 2. The van der Waals surface area contributed by atoms with Gasteiger partial charge >= 0.3 is 0 Å². The summed E-state index contributed by atoms with van der Waals surface area (Å²) in [6.45, 7) is 2.00. The molecule has 2 aromatic rings. The Morgan fingerprint density at radius 2 is 2.00 bits per heavy atom. The van der Waals surface area contributed by atoms with Gasteiger partial charge in [-0.2, -0.15) is 5.10 Å². The largest absolute Gasteiger partial charge is 0.324 e. The van der Waals surface area contributed by atoms with E-state index in [-0.39, 0.29) is 6.04 Å². The van der Waals surface area contributed by atoms with Crippen LogP contribution in [0.1, 0.15) is 24.2 Å². The molecule has 3 nitrogen and oxygen atoms in total. The highest BCUT2D eigenvalue weighted by molar-refractivity contribution is 7.99. The Bertz CT molecular complexity index is 488. The number of rotatable bonds is 5. The summed E-state index contributed by atoms with van der Waals surface area (Å²) in [5.74, 6) is 1.07. The fourth-order valence-corrected chi connectivity index (χ4v) is 2.66. The lowest BCUT2D eigenvalue weighted by atomic mass is 10.1. The summed E-state index contributed by atoms with van der Waals surface area (Å²) < 4.78 is 1.93. The first kappa shape index (κ1) is 13.2. The van der Waals surface area contributed by atoms with Crippen LogP contribution in [0.4, 0.5) is 0 Å². The van der Waals surface area contributed by atoms with Crippen LogP contribution < -0.4 is 5.73 Å². The van der Waals surface area contributed by atoms with E-state index in [1.54, 1.807) is 0 Å². The lowest BCUT2D eigenvalue weighted by Gasteiger charge is -2.07. The molecule has 1 atom stereocenters. The zero-order valence-corrected chi connectivity index (χ0v) is 11.7. The number of benzene rings is 1. The summed E-state index contributed by atoms with van der Waals surface area (Å²) in [7, 11) is 1.98. The second-order valence-electron chi connectivity index (χ2n) is 4.40. The fourth-order valence-electron chi connectivity index (χ4n) is 1.79. The molecule has 0 aliphatic rings. The molecule has 0 radical (unpaired) electrons. The van der Waals surface area contributed by atoms with Gasteiger partial charge in [-0.3, -0.25) is 4.68 Å². The second kappa shape index (κ2) is 6.07. The van der Waals surface area contributed by atoms with Crippen LogP contribution in [0.5, 0.6) is 0 Å².